The van der Waals surface area contributed by atoms with Crippen molar-refractivity contribution in [3.05, 3.63) is 0 Å². The van der Waals surface area contributed by atoms with Gasteiger partial charge in [0, 0.05) is 6.04 Å². The van der Waals surface area contributed by atoms with Gasteiger partial charge in [-0.2, -0.15) is 0 Å². The summed E-state index contributed by atoms with van der Waals surface area (Å²) in [4.78, 5) is 26.7. The lowest BCUT2D eigenvalue weighted by atomic mass is 9.84. The molecule has 20 heavy (non-hydrogen) atoms. The van der Waals surface area contributed by atoms with Gasteiger partial charge in [-0.3, -0.25) is 14.5 Å². The van der Waals surface area contributed by atoms with E-state index in [2.05, 4.69) is 4.90 Å². The zero-order valence-electron chi connectivity index (χ0n) is 13.0. The molecule has 0 amide bonds. The molecule has 0 bridgehead atoms. The van der Waals surface area contributed by atoms with Crippen LogP contribution in [0, 0.1) is 11.3 Å². The molecule has 4 nitrogen and oxygen atoms in total. The van der Waals surface area contributed by atoms with E-state index >= 15 is 0 Å². The fourth-order valence-electron chi connectivity index (χ4n) is 3.51. The first-order valence-electron chi connectivity index (χ1n) is 7.91. The summed E-state index contributed by atoms with van der Waals surface area (Å²) in [7, 11) is 0. The van der Waals surface area contributed by atoms with Crippen molar-refractivity contribution in [1.82, 2.24) is 4.90 Å². The van der Waals surface area contributed by atoms with Crippen LogP contribution in [0.1, 0.15) is 52.9 Å². The van der Waals surface area contributed by atoms with Gasteiger partial charge in [0.15, 0.2) is 5.78 Å². The second kappa shape index (κ2) is 6.25. The predicted octanol–water partition coefficient (Wildman–Crippen LogP) is 2.41. The maximum Gasteiger partial charge on any atom is 0.319 e. The molecule has 0 aromatic heterocycles. The van der Waals surface area contributed by atoms with Crippen LogP contribution in [0.15, 0.2) is 0 Å². The fraction of sp³-hybridized carbons (Fsp3) is 0.875. The van der Waals surface area contributed by atoms with Crippen molar-refractivity contribution in [2.24, 2.45) is 11.3 Å². The molecule has 1 aliphatic heterocycles. The molecule has 1 heterocycles. The predicted molar refractivity (Wildman–Crippen MR) is 77.4 cm³/mol. The second-order valence-corrected chi connectivity index (χ2v) is 6.64. The van der Waals surface area contributed by atoms with Gasteiger partial charge >= 0.3 is 5.97 Å². The Hall–Kier alpha value is -0.900. The Kier molecular flexibility index (Phi) is 4.84. The Balaban J connectivity index is 1.95. The van der Waals surface area contributed by atoms with Crippen LogP contribution < -0.4 is 0 Å². The van der Waals surface area contributed by atoms with E-state index in [0.717, 1.165) is 12.5 Å². The Morgan fingerprint density at radius 2 is 1.90 bits per heavy atom. The smallest absolute Gasteiger partial charge is 0.319 e. The average molecular weight is 281 g/mol. The summed E-state index contributed by atoms with van der Waals surface area (Å²) in [5, 5.41) is 0. The average Bonchev–Trinajstić information content (AvgIpc) is 2.82. The molecule has 1 saturated heterocycles. The van der Waals surface area contributed by atoms with Crippen LogP contribution in [-0.2, 0) is 14.3 Å². The summed E-state index contributed by atoms with van der Waals surface area (Å²) in [5.41, 5.74) is -1.03. The third-order valence-corrected chi connectivity index (χ3v) is 4.95. The van der Waals surface area contributed by atoms with Crippen LogP contribution in [0.3, 0.4) is 0 Å². The quantitative estimate of drug-likeness (QED) is 0.573. The van der Waals surface area contributed by atoms with Crippen LogP contribution in [0.2, 0.25) is 0 Å². The Bertz CT molecular complexity index is 378. The highest BCUT2D eigenvalue weighted by molar-refractivity contribution is 6.03. The van der Waals surface area contributed by atoms with Crippen molar-refractivity contribution in [1.29, 1.82) is 0 Å². The SMILES string of the molecule is CCOC(=O)C(C)(C)C(=O)CN1CCC2CCCCC21. The normalized spacial score (nSPS) is 27.1. The minimum absolute atomic E-state index is 0.0119. The van der Waals surface area contributed by atoms with Crippen molar-refractivity contribution in [3.8, 4) is 0 Å². The highest BCUT2D eigenvalue weighted by Crippen LogP contribution is 2.36. The molecular formula is C16H27NO3. The molecule has 2 unspecified atom stereocenters. The summed E-state index contributed by atoms with van der Waals surface area (Å²) < 4.78 is 5.02. The monoisotopic (exact) mass is 281 g/mol. The van der Waals surface area contributed by atoms with Crippen molar-refractivity contribution in [2.75, 3.05) is 19.7 Å². The highest BCUT2D eigenvalue weighted by Gasteiger charge is 2.42. The van der Waals surface area contributed by atoms with E-state index in [9.17, 15) is 9.59 Å². The van der Waals surface area contributed by atoms with E-state index in [-0.39, 0.29) is 5.78 Å². The first-order valence-corrected chi connectivity index (χ1v) is 7.91. The topological polar surface area (TPSA) is 46.6 Å². The lowest BCUT2D eigenvalue weighted by Crippen LogP contribution is -2.45. The number of rotatable bonds is 5. The van der Waals surface area contributed by atoms with Gasteiger partial charge in [0.2, 0.25) is 0 Å². The van der Waals surface area contributed by atoms with Gasteiger partial charge in [-0.15, -0.1) is 0 Å². The summed E-state index contributed by atoms with van der Waals surface area (Å²) in [5.74, 6) is 0.355. The van der Waals surface area contributed by atoms with Crippen molar-refractivity contribution < 1.29 is 14.3 Å². The maximum atomic E-state index is 12.5. The second-order valence-electron chi connectivity index (χ2n) is 6.64. The van der Waals surface area contributed by atoms with Gasteiger partial charge in [-0.1, -0.05) is 12.8 Å². The number of likely N-dealkylation sites (tertiary alicyclic amines) is 1. The number of nitrogens with zero attached hydrogens (tertiary/aromatic N) is 1. The number of Topliss-reactive ketones (excluding diaryl/α,β-unsaturated/α-hetero) is 1. The van der Waals surface area contributed by atoms with E-state index in [4.69, 9.17) is 4.74 Å². The molecule has 0 N–H and O–H groups in total. The van der Waals surface area contributed by atoms with E-state index in [0.29, 0.717) is 19.2 Å². The van der Waals surface area contributed by atoms with Gasteiger partial charge in [0.05, 0.1) is 13.2 Å². The molecule has 1 aliphatic carbocycles. The zero-order chi connectivity index (χ0) is 14.8. The third-order valence-electron chi connectivity index (χ3n) is 4.95. The molecule has 0 radical (unpaired) electrons. The molecule has 2 rings (SSSR count). The number of carbonyl (C=O) groups is 2. The maximum absolute atomic E-state index is 12.5. The Morgan fingerprint density at radius 1 is 1.20 bits per heavy atom. The molecule has 2 atom stereocenters. The first kappa shape index (κ1) is 15.5. The van der Waals surface area contributed by atoms with Crippen LogP contribution in [-0.4, -0.2) is 42.4 Å². The largest absolute Gasteiger partial charge is 0.465 e. The number of ketones is 1. The van der Waals surface area contributed by atoms with Crippen LogP contribution in [0.25, 0.3) is 0 Å². The summed E-state index contributed by atoms with van der Waals surface area (Å²) in [6.07, 6.45) is 6.32. The number of ether oxygens (including phenoxy) is 1. The van der Waals surface area contributed by atoms with E-state index in [1.807, 2.05) is 0 Å². The van der Waals surface area contributed by atoms with Gasteiger partial charge in [0.25, 0.3) is 0 Å². The molecule has 0 aromatic rings. The fourth-order valence-corrected chi connectivity index (χ4v) is 3.51. The van der Waals surface area contributed by atoms with Crippen molar-refractivity contribution in [2.45, 2.75) is 58.9 Å². The van der Waals surface area contributed by atoms with Gasteiger partial charge in [-0.25, -0.2) is 0 Å². The molecule has 1 saturated carbocycles. The highest BCUT2D eigenvalue weighted by atomic mass is 16.5. The minimum Gasteiger partial charge on any atom is -0.465 e. The number of esters is 1. The third kappa shape index (κ3) is 3.05. The lowest BCUT2D eigenvalue weighted by molar-refractivity contribution is -0.158. The molecule has 2 aliphatic rings. The molecule has 0 aromatic carbocycles. The molecule has 0 spiro atoms. The lowest BCUT2D eigenvalue weighted by Gasteiger charge is -2.32. The van der Waals surface area contributed by atoms with Crippen LogP contribution in [0.4, 0.5) is 0 Å². The van der Waals surface area contributed by atoms with E-state index in [1.54, 1.807) is 20.8 Å². The van der Waals surface area contributed by atoms with Crippen LogP contribution >= 0.6 is 0 Å². The van der Waals surface area contributed by atoms with Crippen molar-refractivity contribution >= 4 is 11.8 Å². The first-order chi connectivity index (χ1) is 9.46. The number of hydrogen-bond acceptors (Lipinski definition) is 4. The zero-order valence-corrected chi connectivity index (χ0v) is 13.0. The molecule has 4 heteroatoms. The number of carbonyl (C=O) groups excluding carboxylic acids is 2. The number of hydrogen-bond donors (Lipinski definition) is 0. The summed E-state index contributed by atoms with van der Waals surface area (Å²) in [6.45, 7) is 6.85. The summed E-state index contributed by atoms with van der Waals surface area (Å²) >= 11 is 0. The standard InChI is InChI=1S/C16H27NO3/c1-4-20-15(19)16(2,3)14(18)11-17-10-9-12-7-5-6-8-13(12)17/h12-13H,4-11H2,1-3H3. The number of fused-ring (bicyclic) bond motifs is 1. The van der Waals surface area contributed by atoms with Crippen molar-refractivity contribution in [3.63, 3.8) is 0 Å². The molecule has 2 fully saturated rings. The van der Waals surface area contributed by atoms with Gasteiger partial charge in [-0.05, 0) is 52.5 Å². The molecular weight excluding hydrogens is 254 g/mol. The Labute approximate surface area is 121 Å². The van der Waals surface area contributed by atoms with Crippen LogP contribution in [0.5, 0.6) is 0 Å². The van der Waals surface area contributed by atoms with Gasteiger partial charge in [0.1, 0.15) is 5.41 Å². The van der Waals surface area contributed by atoms with Gasteiger partial charge < -0.3 is 4.74 Å². The van der Waals surface area contributed by atoms with E-state index < -0.39 is 11.4 Å². The minimum atomic E-state index is -1.03. The summed E-state index contributed by atoms with van der Waals surface area (Å²) in [6, 6.07) is 0.561. The molecule has 114 valence electrons. The Morgan fingerprint density at radius 3 is 2.60 bits per heavy atom. The van der Waals surface area contributed by atoms with E-state index in [1.165, 1.54) is 32.1 Å².